The molecule has 0 aromatic rings. The number of hydrogen-bond donors (Lipinski definition) is 1. The van der Waals surface area contributed by atoms with E-state index in [-0.39, 0.29) is 11.8 Å². The predicted octanol–water partition coefficient (Wildman–Crippen LogP) is 0.387. The Kier molecular flexibility index (Phi) is 5.14. The Morgan fingerprint density at radius 1 is 1.47 bits per heavy atom. The van der Waals surface area contributed by atoms with Crippen LogP contribution in [0.2, 0.25) is 0 Å². The monoisotopic (exact) mass is 261 g/mol. The quantitative estimate of drug-likeness (QED) is 0.440. The van der Waals surface area contributed by atoms with Gasteiger partial charge in [-0.25, -0.2) is 8.42 Å². The first-order chi connectivity index (χ1) is 8.04. The minimum absolute atomic E-state index is 0.0609. The van der Waals surface area contributed by atoms with Crippen molar-refractivity contribution in [3.63, 3.8) is 0 Å². The summed E-state index contributed by atoms with van der Waals surface area (Å²) < 4.78 is 26.3. The van der Waals surface area contributed by atoms with Crippen molar-refractivity contribution in [2.75, 3.05) is 25.6 Å². The lowest BCUT2D eigenvalue weighted by molar-refractivity contribution is -0.154. The van der Waals surface area contributed by atoms with Gasteiger partial charge in [0.2, 0.25) is 0 Å². The topological polar surface area (TPSA) is 63.7 Å². The Morgan fingerprint density at radius 2 is 2.06 bits per heavy atom. The molecule has 1 fully saturated rings. The molecule has 0 spiro atoms. The van der Waals surface area contributed by atoms with Crippen LogP contribution in [0.15, 0.2) is 12.7 Å². The van der Waals surface area contributed by atoms with Gasteiger partial charge in [-0.15, -0.1) is 6.58 Å². The van der Waals surface area contributed by atoms with Gasteiger partial charge in [0.25, 0.3) is 0 Å². The Hall–Kier alpha value is -0.880. The Balaban J connectivity index is 2.62. The van der Waals surface area contributed by atoms with Crippen molar-refractivity contribution < 1.29 is 17.9 Å². The van der Waals surface area contributed by atoms with E-state index < -0.39 is 16.1 Å². The van der Waals surface area contributed by atoms with E-state index in [4.69, 9.17) is 4.74 Å². The second-order valence-electron chi connectivity index (χ2n) is 4.17. The zero-order chi connectivity index (χ0) is 12.9. The molecule has 6 heteroatoms. The molecule has 0 radical (unpaired) electrons. The van der Waals surface area contributed by atoms with Gasteiger partial charge >= 0.3 is 5.97 Å². The molecule has 5 nitrogen and oxygen atoms in total. The van der Waals surface area contributed by atoms with Gasteiger partial charge in [0.05, 0.1) is 17.9 Å². The summed E-state index contributed by atoms with van der Waals surface area (Å²) in [5.74, 6) is -0.188. The maximum absolute atomic E-state index is 11.8. The second-order valence-corrected chi connectivity index (χ2v) is 5.12. The van der Waals surface area contributed by atoms with Crippen molar-refractivity contribution in [3.05, 3.63) is 12.7 Å². The number of esters is 1. The van der Waals surface area contributed by atoms with E-state index >= 15 is 0 Å². The van der Waals surface area contributed by atoms with Crippen LogP contribution < -0.4 is 0 Å². The summed E-state index contributed by atoms with van der Waals surface area (Å²) in [7, 11) is -2.40. The lowest BCUT2D eigenvalue weighted by Crippen LogP contribution is -2.44. The van der Waals surface area contributed by atoms with Gasteiger partial charge in [-0.1, -0.05) is 6.08 Å². The van der Waals surface area contributed by atoms with Crippen LogP contribution in [-0.2, 0) is 20.2 Å². The summed E-state index contributed by atoms with van der Waals surface area (Å²) in [6.45, 7) is 6.98. The zero-order valence-corrected chi connectivity index (χ0v) is 10.9. The van der Waals surface area contributed by atoms with Gasteiger partial charge in [-0.3, -0.25) is 9.69 Å². The molecule has 17 heavy (non-hydrogen) atoms. The highest BCUT2D eigenvalue weighted by molar-refractivity contribution is 7.72. The summed E-state index contributed by atoms with van der Waals surface area (Å²) in [4.78, 5) is 13.7. The molecule has 1 rings (SSSR count). The smallest absolute Gasteiger partial charge is 0.316 e. The average Bonchev–Trinajstić information content (AvgIpc) is 2.30. The summed E-state index contributed by atoms with van der Waals surface area (Å²) in [6.07, 6.45) is 2.77. The molecule has 0 aliphatic carbocycles. The molecular formula is C11H19NO4S. The van der Waals surface area contributed by atoms with E-state index in [1.165, 1.54) is 0 Å². The number of piperidine rings is 1. The van der Waals surface area contributed by atoms with Crippen LogP contribution in [0.5, 0.6) is 0 Å². The molecule has 0 aromatic heterocycles. The van der Waals surface area contributed by atoms with Crippen LogP contribution in [0.3, 0.4) is 0 Å². The maximum Gasteiger partial charge on any atom is 0.316 e. The van der Waals surface area contributed by atoms with Crippen molar-refractivity contribution in [3.8, 4) is 0 Å². The van der Waals surface area contributed by atoms with Gasteiger partial charge in [0.1, 0.15) is 0 Å². The minimum atomic E-state index is -2.40. The fraction of sp³-hybridized carbons (Fsp3) is 0.727. The molecule has 0 saturated carbocycles. The molecule has 0 atom stereocenters. The molecule has 1 heterocycles. The van der Waals surface area contributed by atoms with Crippen LogP contribution in [0.4, 0.5) is 0 Å². The van der Waals surface area contributed by atoms with Gasteiger partial charge in [0.15, 0.2) is 10.7 Å². The van der Waals surface area contributed by atoms with Crippen molar-refractivity contribution >= 4 is 16.7 Å². The van der Waals surface area contributed by atoms with Gasteiger partial charge < -0.3 is 4.74 Å². The van der Waals surface area contributed by atoms with Crippen LogP contribution in [-0.4, -0.2) is 44.9 Å². The van der Waals surface area contributed by atoms with E-state index in [9.17, 15) is 13.2 Å². The first-order valence-electron chi connectivity index (χ1n) is 5.69. The highest BCUT2D eigenvalue weighted by Crippen LogP contribution is 2.34. The fourth-order valence-corrected chi connectivity index (χ4v) is 2.63. The summed E-state index contributed by atoms with van der Waals surface area (Å²) in [5, 5.41) is 0. The van der Waals surface area contributed by atoms with Gasteiger partial charge in [-0.05, 0) is 19.8 Å². The zero-order valence-electron chi connectivity index (χ0n) is 10.1. The molecule has 0 amide bonds. The average molecular weight is 261 g/mol. The summed E-state index contributed by atoms with van der Waals surface area (Å²) >= 11 is 0. The lowest BCUT2D eigenvalue weighted by atomic mass is 9.78. The minimum Gasteiger partial charge on any atom is -0.465 e. The summed E-state index contributed by atoms with van der Waals surface area (Å²) in [5.41, 5.74) is -0.638. The largest absolute Gasteiger partial charge is 0.465 e. The number of ether oxygens (including phenoxy) is 1. The van der Waals surface area contributed by atoms with Crippen molar-refractivity contribution in [1.29, 1.82) is 0 Å². The lowest BCUT2D eigenvalue weighted by Gasteiger charge is -2.37. The highest BCUT2D eigenvalue weighted by atomic mass is 32.2. The van der Waals surface area contributed by atoms with E-state index in [1.807, 2.05) is 4.90 Å². The Bertz CT molecular complexity index is 348. The van der Waals surface area contributed by atoms with Crippen LogP contribution in [0.1, 0.15) is 19.8 Å². The SMILES string of the molecule is C=CC1(C(=O)OCC)CCN(C[SH](=O)=O)CC1. The predicted molar refractivity (Wildman–Crippen MR) is 65.3 cm³/mol. The third-order valence-electron chi connectivity index (χ3n) is 3.14. The molecule has 98 valence electrons. The number of nitrogens with zero attached hydrogens (tertiary/aromatic N) is 1. The summed E-state index contributed by atoms with van der Waals surface area (Å²) in [6, 6.07) is 0. The Labute approximate surface area is 103 Å². The van der Waals surface area contributed by atoms with Crippen molar-refractivity contribution in [2.24, 2.45) is 5.41 Å². The van der Waals surface area contributed by atoms with E-state index in [1.54, 1.807) is 13.0 Å². The number of carbonyl (C=O) groups is 1. The Morgan fingerprint density at radius 3 is 2.47 bits per heavy atom. The molecule has 1 saturated heterocycles. The molecule has 0 aromatic carbocycles. The normalized spacial score (nSPS) is 20.1. The maximum atomic E-state index is 11.8. The molecule has 0 bridgehead atoms. The number of carbonyl (C=O) groups excluding carboxylic acids is 1. The fourth-order valence-electron chi connectivity index (χ4n) is 2.02. The van der Waals surface area contributed by atoms with Crippen LogP contribution in [0.25, 0.3) is 0 Å². The molecule has 1 aliphatic rings. The first kappa shape index (κ1) is 14.2. The first-order valence-corrected chi connectivity index (χ1v) is 7.05. The molecule has 1 aliphatic heterocycles. The standard InChI is InChI=1S/C11H19NO4S/c1-3-11(10(13)16-4-2)5-7-12(8-6-11)9-17(14)15/h3,17H,1,4-9H2,2H3. The molecular weight excluding hydrogens is 242 g/mol. The number of likely N-dealkylation sites (tertiary alicyclic amines) is 1. The third kappa shape index (κ3) is 3.54. The van der Waals surface area contributed by atoms with E-state index in [2.05, 4.69) is 6.58 Å². The third-order valence-corrected chi connectivity index (χ3v) is 3.77. The number of hydrogen-bond acceptors (Lipinski definition) is 5. The number of rotatable bonds is 5. The van der Waals surface area contributed by atoms with Gasteiger partial charge in [0, 0.05) is 13.1 Å². The van der Waals surface area contributed by atoms with E-state index in [0.29, 0.717) is 32.5 Å². The van der Waals surface area contributed by atoms with Crippen molar-refractivity contribution in [2.45, 2.75) is 19.8 Å². The van der Waals surface area contributed by atoms with Gasteiger partial charge in [-0.2, -0.15) is 0 Å². The second kappa shape index (κ2) is 6.16. The highest BCUT2D eigenvalue weighted by Gasteiger charge is 2.39. The molecule has 0 N–H and O–H groups in total. The van der Waals surface area contributed by atoms with E-state index in [0.717, 1.165) is 0 Å². The van der Waals surface area contributed by atoms with Crippen LogP contribution >= 0.6 is 0 Å². The molecule has 0 unspecified atom stereocenters. The van der Waals surface area contributed by atoms with Crippen molar-refractivity contribution in [1.82, 2.24) is 4.90 Å². The number of thiol groups is 1. The van der Waals surface area contributed by atoms with Crippen LogP contribution in [0, 0.1) is 5.41 Å².